The number of piperidine rings is 1. The van der Waals surface area contributed by atoms with Crippen LogP contribution in [0.25, 0.3) is 0 Å². The highest BCUT2D eigenvalue weighted by Gasteiger charge is 2.34. The van der Waals surface area contributed by atoms with Crippen LogP contribution in [0.1, 0.15) is 18.5 Å². The summed E-state index contributed by atoms with van der Waals surface area (Å²) >= 11 is 0. The van der Waals surface area contributed by atoms with E-state index in [0.717, 1.165) is 18.5 Å². The lowest BCUT2D eigenvalue weighted by molar-refractivity contribution is -0.141. The molecule has 0 saturated carbocycles. The minimum atomic E-state index is -4.49. The van der Waals surface area contributed by atoms with Crippen LogP contribution in [0.4, 0.5) is 18.9 Å². The van der Waals surface area contributed by atoms with Gasteiger partial charge in [-0.1, -0.05) is 0 Å². The molecule has 5 nitrogen and oxygen atoms in total. The maximum atomic E-state index is 12.7. The number of aromatic nitrogens is 1. The van der Waals surface area contributed by atoms with Gasteiger partial charge in [0.05, 0.1) is 6.26 Å². The van der Waals surface area contributed by atoms with Crippen molar-refractivity contribution in [1.82, 2.24) is 9.29 Å². The van der Waals surface area contributed by atoms with E-state index < -0.39 is 21.9 Å². The number of sulfonamides is 1. The number of pyridine rings is 1. The summed E-state index contributed by atoms with van der Waals surface area (Å²) < 4.78 is 62.7. The zero-order valence-corrected chi connectivity index (χ0v) is 13.2. The molecule has 1 atom stereocenters. The standard InChI is InChI=1S/C13H18F3N3O2S/c1-18(22(2,20)21)11-4-3-7-19(9-11)10-5-6-17-12(8-10)13(14,15)16/h5-6,8,11H,3-4,7,9H2,1-2H3. The molecule has 1 aromatic rings. The van der Waals surface area contributed by atoms with Crippen molar-refractivity contribution in [3.63, 3.8) is 0 Å². The molecule has 1 aliphatic rings. The minimum absolute atomic E-state index is 0.244. The van der Waals surface area contributed by atoms with Gasteiger partial charge in [0.1, 0.15) is 5.69 Å². The summed E-state index contributed by atoms with van der Waals surface area (Å²) in [5.41, 5.74) is -0.530. The van der Waals surface area contributed by atoms with Gasteiger partial charge in [0.15, 0.2) is 0 Å². The number of hydrogen-bond acceptors (Lipinski definition) is 4. The summed E-state index contributed by atoms with van der Waals surface area (Å²) in [6, 6.07) is 2.27. The zero-order chi connectivity index (χ0) is 16.5. The van der Waals surface area contributed by atoms with Crippen LogP contribution in [0, 0.1) is 0 Å². The van der Waals surface area contributed by atoms with E-state index in [-0.39, 0.29) is 6.04 Å². The third kappa shape index (κ3) is 3.89. The van der Waals surface area contributed by atoms with E-state index in [1.54, 1.807) is 4.90 Å². The highest BCUT2D eigenvalue weighted by molar-refractivity contribution is 7.88. The number of hydrogen-bond donors (Lipinski definition) is 0. The molecule has 0 radical (unpaired) electrons. The normalized spacial score (nSPS) is 20.5. The fourth-order valence-corrected chi connectivity index (χ4v) is 3.24. The van der Waals surface area contributed by atoms with Crippen LogP contribution in [-0.4, -0.2) is 50.1 Å². The number of halogens is 3. The van der Waals surface area contributed by atoms with Gasteiger partial charge in [-0.2, -0.15) is 13.2 Å². The van der Waals surface area contributed by atoms with Gasteiger partial charge in [-0.15, -0.1) is 0 Å². The summed E-state index contributed by atoms with van der Waals surface area (Å²) in [4.78, 5) is 5.11. The Morgan fingerprint density at radius 3 is 2.68 bits per heavy atom. The second-order valence-corrected chi connectivity index (χ2v) is 7.46. The molecule has 124 valence electrons. The maximum absolute atomic E-state index is 12.7. The number of rotatable bonds is 3. The lowest BCUT2D eigenvalue weighted by Gasteiger charge is -2.37. The van der Waals surface area contributed by atoms with Gasteiger partial charge < -0.3 is 4.90 Å². The highest BCUT2D eigenvalue weighted by Crippen LogP contribution is 2.31. The molecule has 0 amide bonds. The van der Waals surface area contributed by atoms with E-state index in [1.165, 1.54) is 17.4 Å². The van der Waals surface area contributed by atoms with Gasteiger partial charge >= 0.3 is 6.18 Å². The SMILES string of the molecule is CN(C1CCCN(c2ccnc(C(F)(F)F)c2)C1)S(C)(=O)=O. The molecule has 2 rings (SSSR count). The fraction of sp³-hybridized carbons (Fsp3) is 0.615. The molecule has 1 fully saturated rings. The van der Waals surface area contributed by atoms with Crippen LogP contribution < -0.4 is 4.90 Å². The van der Waals surface area contributed by atoms with E-state index in [1.807, 2.05) is 0 Å². The lowest BCUT2D eigenvalue weighted by atomic mass is 10.1. The smallest absolute Gasteiger partial charge is 0.370 e. The number of nitrogens with zero attached hydrogens (tertiary/aromatic N) is 3. The highest BCUT2D eigenvalue weighted by atomic mass is 32.2. The van der Waals surface area contributed by atoms with Crippen molar-refractivity contribution in [3.05, 3.63) is 24.0 Å². The number of alkyl halides is 3. The average molecular weight is 337 g/mol. The number of likely N-dealkylation sites (N-methyl/N-ethyl adjacent to an activating group) is 1. The second-order valence-electron chi connectivity index (χ2n) is 5.42. The second kappa shape index (κ2) is 6.04. The molecule has 0 aromatic carbocycles. The molecule has 0 bridgehead atoms. The lowest BCUT2D eigenvalue weighted by Crippen LogP contribution is -2.48. The van der Waals surface area contributed by atoms with Gasteiger partial charge in [-0.25, -0.2) is 12.7 Å². The Hall–Kier alpha value is -1.35. The van der Waals surface area contributed by atoms with E-state index in [2.05, 4.69) is 4.98 Å². The molecular formula is C13H18F3N3O2S. The van der Waals surface area contributed by atoms with Crippen molar-refractivity contribution in [2.24, 2.45) is 0 Å². The van der Waals surface area contributed by atoms with Crippen LogP contribution in [0.3, 0.4) is 0 Å². The van der Waals surface area contributed by atoms with Gasteiger partial charge in [0, 0.05) is 38.1 Å². The Labute approximate surface area is 127 Å². The first-order valence-electron chi connectivity index (χ1n) is 6.80. The molecule has 22 heavy (non-hydrogen) atoms. The van der Waals surface area contributed by atoms with Crippen molar-refractivity contribution in [2.75, 3.05) is 31.3 Å². The third-order valence-corrected chi connectivity index (χ3v) is 5.18. The molecule has 9 heteroatoms. The van der Waals surface area contributed by atoms with Crippen LogP contribution in [-0.2, 0) is 16.2 Å². The number of anilines is 1. The van der Waals surface area contributed by atoms with Crippen molar-refractivity contribution >= 4 is 15.7 Å². The summed E-state index contributed by atoms with van der Waals surface area (Å²) in [7, 11) is -1.83. The van der Waals surface area contributed by atoms with Crippen LogP contribution in [0.15, 0.2) is 18.3 Å². The van der Waals surface area contributed by atoms with Gasteiger partial charge in [0.25, 0.3) is 0 Å². The Morgan fingerprint density at radius 2 is 2.09 bits per heavy atom. The fourth-order valence-electron chi connectivity index (χ4n) is 2.53. The van der Waals surface area contributed by atoms with Crippen LogP contribution in [0.2, 0.25) is 0 Å². The Balaban J connectivity index is 2.20. The van der Waals surface area contributed by atoms with E-state index in [4.69, 9.17) is 0 Å². The first kappa shape index (κ1) is 17.0. The summed E-state index contributed by atoms with van der Waals surface area (Å²) in [6.07, 6.45) is -0.831. The van der Waals surface area contributed by atoms with E-state index in [9.17, 15) is 21.6 Å². The van der Waals surface area contributed by atoms with Crippen molar-refractivity contribution < 1.29 is 21.6 Å². The van der Waals surface area contributed by atoms with Crippen molar-refractivity contribution in [3.8, 4) is 0 Å². The molecule has 2 heterocycles. The first-order chi connectivity index (χ1) is 10.1. The minimum Gasteiger partial charge on any atom is -0.370 e. The summed E-state index contributed by atoms with van der Waals surface area (Å²) in [5.74, 6) is 0. The molecule has 1 saturated heterocycles. The van der Waals surface area contributed by atoms with Gasteiger partial charge in [-0.05, 0) is 25.0 Å². The van der Waals surface area contributed by atoms with Crippen molar-refractivity contribution in [1.29, 1.82) is 0 Å². The Bertz CT molecular complexity index is 634. The summed E-state index contributed by atoms with van der Waals surface area (Å²) in [5, 5.41) is 0. The van der Waals surface area contributed by atoms with Gasteiger partial charge in [-0.3, -0.25) is 4.98 Å². The molecular weight excluding hydrogens is 319 g/mol. The zero-order valence-electron chi connectivity index (χ0n) is 12.3. The van der Waals surface area contributed by atoms with Crippen LogP contribution >= 0.6 is 0 Å². The summed E-state index contributed by atoms with van der Waals surface area (Å²) in [6.45, 7) is 0.959. The Morgan fingerprint density at radius 1 is 1.41 bits per heavy atom. The molecule has 1 unspecified atom stereocenters. The van der Waals surface area contributed by atoms with E-state index >= 15 is 0 Å². The Kier molecular flexibility index (Phi) is 4.67. The van der Waals surface area contributed by atoms with Gasteiger partial charge in [0.2, 0.25) is 10.0 Å². The molecule has 0 spiro atoms. The molecule has 0 N–H and O–H groups in total. The quantitative estimate of drug-likeness (QED) is 0.846. The average Bonchev–Trinajstić information content (AvgIpc) is 2.45. The third-order valence-electron chi connectivity index (χ3n) is 3.83. The maximum Gasteiger partial charge on any atom is 0.433 e. The predicted molar refractivity (Wildman–Crippen MR) is 77.1 cm³/mol. The predicted octanol–water partition coefficient (Wildman–Crippen LogP) is 1.96. The van der Waals surface area contributed by atoms with E-state index in [0.29, 0.717) is 31.6 Å². The largest absolute Gasteiger partial charge is 0.433 e. The topological polar surface area (TPSA) is 53.5 Å². The van der Waals surface area contributed by atoms with Crippen molar-refractivity contribution in [2.45, 2.75) is 25.1 Å². The molecule has 0 aliphatic carbocycles. The monoisotopic (exact) mass is 337 g/mol. The van der Waals surface area contributed by atoms with Crippen LogP contribution in [0.5, 0.6) is 0 Å². The molecule has 1 aliphatic heterocycles. The first-order valence-corrected chi connectivity index (χ1v) is 8.65. The molecule has 1 aromatic heterocycles.